The van der Waals surface area contributed by atoms with Gasteiger partial charge in [0.05, 0.1) is 15.8 Å². The second-order valence-corrected chi connectivity index (χ2v) is 5.61. The molecule has 24 heavy (non-hydrogen) atoms. The summed E-state index contributed by atoms with van der Waals surface area (Å²) in [5.74, 6) is -2.19. The van der Waals surface area contributed by atoms with Crippen LogP contribution >= 0.6 is 0 Å². The number of amides is 3. The van der Waals surface area contributed by atoms with Crippen molar-refractivity contribution in [2.24, 2.45) is 0 Å². The van der Waals surface area contributed by atoms with E-state index in [4.69, 9.17) is 0 Å². The Balaban J connectivity index is 2.04. The van der Waals surface area contributed by atoms with Crippen molar-refractivity contribution >= 4 is 34.3 Å². The van der Waals surface area contributed by atoms with Crippen LogP contribution in [0, 0.1) is 10.1 Å². The summed E-state index contributed by atoms with van der Waals surface area (Å²) in [5.41, 5.74) is 1.03. The fraction of sp³-hybridized carbons (Fsp3) is 0.267. The lowest BCUT2D eigenvalue weighted by Crippen LogP contribution is -2.60. The van der Waals surface area contributed by atoms with Crippen LogP contribution in [0.15, 0.2) is 24.4 Å². The van der Waals surface area contributed by atoms with Gasteiger partial charge in [-0.3, -0.25) is 29.4 Å². The molecule has 3 rings (SSSR count). The summed E-state index contributed by atoms with van der Waals surface area (Å²) >= 11 is 0. The molecule has 0 bridgehead atoms. The van der Waals surface area contributed by atoms with E-state index in [1.807, 2.05) is 0 Å². The number of aromatic nitrogens is 1. The molecule has 3 amide bonds. The zero-order valence-electron chi connectivity index (χ0n) is 13.0. The van der Waals surface area contributed by atoms with Crippen molar-refractivity contribution < 1.29 is 19.3 Å². The minimum Gasteiger partial charge on any atom is -0.361 e. The van der Waals surface area contributed by atoms with E-state index in [0.29, 0.717) is 16.5 Å². The van der Waals surface area contributed by atoms with Gasteiger partial charge in [0, 0.05) is 32.8 Å². The number of aromatic amines is 1. The fourth-order valence-corrected chi connectivity index (χ4v) is 2.91. The lowest BCUT2D eigenvalue weighted by atomic mass is 10.00. The summed E-state index contributed by atoms with van der Waals surface area (Å²) in [4.78, 5) is 51.5. The van der Waals surface area contributed by atoms with E-state index in [0.717, 1.165) is 9.80 Å². The van der Waals surface area contributed by atoms with Crippen molar-refractivity contribution in [1.29, 1.82) is 0 Å². The van der Waals surface area contributed by atoms with Gasteiger partial charge in [-0.2, -0.15) is 0 Å². The fourth-order valence-electron chi connectivity index (χ4n) is 2.91. The predicted octanol–water partition coefficient (Wildman–Crippen LogP) is 0.444. The van der Waals surface area contributed by atoms with E-state index in [1.54, 1.807) is 18.3 Å². The Bertz CT molecular complexity index is 887. The molecule has 1 fully saturated rings. The third-order valence-corrected chi connectivity index (χ3v) is 4.27. The topological polar surface area (TPSA) is 117 Å². The Kier molecular flexibility index (Phi) is 3.55. The van der Waals surface area contributed by atoms with Crippen molar-refractivity contribution in [3.05, 3.63) is 40.1 Å². The Hall–Kier alpha value is -3.23. The van der Waals surface area contributed by atoms with Crippen LogP contribution < -0.4 is 0 Å². The molecule has 1 unspecified atom stereocenters. The molecule has 2 heterocycles. The lowest BCUT2D eigenvalue weighted by molar-refractivity contribution is -0.383. The monoisotopic (exact) mass is 330 g/mol. The minimum absolute atomic E-state index is 0.0730. The summed E-state index contributed by atoms with van der Waals surface area (Å²) < 4.78 is 0. The van der Waals surface area contributed by atoms with Crippen molar-refractivity contribution in [2.45, 2.75) is 12.5 Å². The molecule has 1 saturated heterocycles. The van der Waals surface area contributed by atoms with Gasteiger partial charge in [0.15, 0.2) is 0 Å². The summed E-state index contributed by atoms with van der Waals surface area (Å²) in [6, 6.07) is 3.75. The normalized spacial score (nSPS) is 18.6. The molecule has 9 nitrogen and oxygen atoms in total. The van der Waals surface area contributed by atoms with Gasteiger partial charge in [-0.1, -0.05) is 6.07 Å². The number of piperazine rings is 1. The zero-order valence-corrected chi connectivity index (χ0v) is 13.0. The first-order chi connectivity index (χ1) is 11.3. The number of hydrogen-bond acceptors (Lipinski definition) is 5. The first-order valence-corrected chi connectivity index (χ1v) is 7.15. The average molecular weight is 330 g/mol. The SMILES string of the molecule is CN1C(=O)C(=O)N(C)C(Cc2c[nH]c3cccc([N+](=O)[O-])c23)C1=O. The number of carbonyl (C=O) groups excluding carboxylic acids is 3. The Labute approximate surface area is 136 Å². The molecule has 2 aromatic rings. The van der Waals surface area contributed by atoms with Gasteiger partial charge < -0.3 is 9.88 Å². The predicted molar refractivity (Wildman–Crippen MR) is 83.0 cm³/mol. The summed E-state index contributed by atoms with van der Waals surface area (Å²) in [7, 11) is 2.62. The van der Waals surface area contributed by atoms with E-state index in [1.165, 1.54) is 20.2 Å². The van der Waals surface area contributed by atoms with E-state index in [9.17, 15) is 24.5 Å². The van der Waals surface area contributed by atoms with Crippen molar-refractivity contribution in [3.63, 3.8) is 0 Å². The molecule has 1 aromatic heterocycles. The standard InChI is InChI=1S/C15H14N4O5/c1-17-11(13(20)18(2)15(22)14(17)21)6-8-7-16-9-4-3-5-10(12(8)9)19(23)24/h3-5,7,11,16H,6H2,1-2H3. The molecular weight excluding hydrogens is 316 g/mol. The number of imide groups is 1. The van der Waals surface area contributed by atoms with Gasteiger partial charge in [-0.15, -0.1) is 0 Å². The number of nitrogens with one attached hydrogen (secondary N) is 1. The molecule has 9 heteroatoms. The maximum atomic E-state index is 12.3. The van der Waals surface area contributed by atoms with Crippen LogP contribution in [-0.4, -0.2) is 57.6 Å². The van der Waals surface area contributed by atoms with Crippen LogP contribution in [0.4, 0.5) is 5.69 Å². The largest absolute Gasteiger partial charge is 0.361 e. The number of carbonyl (C=O) groups is 3. The number of benzene rings is 1. The van der Waals surface area contributed by atoms with Gasteiger partial charge in [-0.05, 0) is 11.6 Å². The third kappa shape index (κ3) is 2.21. The molecule has 124 valence electrons. The van der Waals surface area contributed by atoms with E-state index >= 15 is 0 Å². The van der Waals surface area contributed by atoms with Gasteiger partial charge in [-0.25, -0.2) is 0 Å². The number of hydrogen-bond donors (Lipinski definition) is 1. The van der Waals surface area contributed by atoms with Crippen LogP contribution in [0.5, 0.6) is 0 Å². The van der Waals surface area contributed by atoms with Crippen molar-refractivity contribution in [2.75, 3.05) is 14.1 Å². The Morgan fingerprint density at radius 1 is 1.21 bits per heavy atom. The quantitative estimate of drug-likeness (QED) is 0.379. The minimum atomic E-state index is -0.890. The van der Waals surface area contributed by atoms with Crippen LogP contribution in [-0.2, 0) is 20.8 Å². The average Bonchev–Trinajstić information content (AvgIpc) is 2.98. The number of H-pyrrole nitrogens is 1. The molecule has 0 aliphatic carbocycles. The highest BCUT2D eigenvalue weighted by Crippen LogP contribution is 2.30. The molecule has 1 aliphatic heterocycles. The molecular formula is C15H14N4O5. The number of nitrogens with zero attached hydrogens (tertiary/aromatic N) is 3. The molecule has 1 aromatic carbocycles. The highest BCUT2D eigenvalue weighted by Gasteiger charge is 2.42. The number of non-ortho nitro benzene ring substituents is 1. The zero-order chi connectivity index (χ0) is 17.6. The molecule has 0 spiro atoms. The first-order valence-electron chi connectivity index (χ1n) is 7.15. The number of nitro benzene ring substituents is 1. The van der Waals surface area contributed by atoms with Crippen molar-refractivity contribution in [1.82, 2.24) is 14.8 Å². The summed E-state index contributed by atoms with van der Waals surface area (Å²) in [6.45, 7) is 0. The smallest absolute Gasteiger partial charge is 0.318 e. The lowest BCUT2D eigenvalue weighted by Gasteiger charge is -2.34. The Morgan fingerprint density at radius 3 is 2.58 bits per heavy atom. The second-order valence-electron chi connectivity index (χ2n) is 5.61. The van der Waals surface area contributed by atoms with Gasteiger partial charge in [0.1, 0.15) is 6.04 Å². The highest BCUT2D eigenvalue weighted by molar-refractivity contribution is 6.39. The summed E-state index contributed by atoms with van der Waals surface area (Å²) in [6.07, 6.45) is 1.66. The molecule has 0 radical (unpaired) electrons. The van der Waals surface area contributed by atoms with Gasteiger partial charge in [0.2, 0.25) is 0 Å². The van der Waals surface area contributed by atoms with Crippen LogP contribution in [0.1, 0.15) is 5.56 Å². The van der Waals surface area contributed by atoms with E-state index in [2.05, 4.69) is 4.98 Å². The molecule has 1 N–H and O–H groups in total. The molecule has 1 atom stereocenters. The first kappa shape index (κ1) is 15.7. The van der Waals surface area contributed by atoms with Crippen LogP contribution in [0.2, 0.25) is 0 Å². The number of likely N-dealkylation sites (N-methyl/N-ethyl adjacent to an activating group) is 2. The van der Waals surface area contributed by atoms with Crippen LogP contribution in [0.3, 0.4) is 0 Å². The van der Waals surface area contributed by atoms with Crippen molar-refractivity contribution in [3.8, 4) is 0 Å². The Morgan fingerprint density at radius 2 is 1.92 bits per heavy atom. The van der Waals surface area contributed by atoms with Gasteiger partial charge >= 0.3 is 11.8 Å². The van der Waals surface area contributed by atoms with E-state index in [-0.39, 0.29) is 12.1 Å². The maximum Gasteiger partial charge on any atom is 0.318 e. The number of nitro groups is 1. The van der Waals surface area contributed by atoms with Gasteiger partial charge in [0.25, 0.3) is 11.6 Å². The second kappa shape index (κ2) is 5.44. The maximum absolute atomic E-state index is 12.3. The number of rotatable bonds is 3. The van der Waals surface area contributed by atoms with Crippen LogP contribution in [0.25, 0.3) is 10.9 Å². The molecule has 0 saturated carbocycles. The highest BCUT2D eigenvalue weighted by atomic mass is 16.6. The number of fused-ring (bicyclic) bond motifs is 1. The summed E-state index contributed by atoms with van der Waals surface area (Å²) in [5, 5.41) is 11.6. The third-order valence-electron chi connectivity index (χ3n) is 4.27. The molecule has 1 aliphatic rings. The van der Waals surface area contributed by atoms with E-state index < -0.39 is 28.7 Å².